The Hall–Kier alpha value is -1.76. The van der Waals surface area contributed by atoms with Gasteiger partial charge in [-0.1, -0.05) is 0 Å². The third-order valence-electron chi connectivity index (χ3n) is 2.40. The van der Waals surface area contributed by atoms with Crippen molar-refractivity contribution in [2.24, 2.45) is 0 Å². The Morgan fingerprint density at radius 2 is 2.05 bits per heavy atom. The number of hydrogen-bond acceptors (Lipinski definition) is 3. The molecule has 0 saturated heterocycles. The Morgan fingerprint density at radius 1 is 1.47 bits per heavy atom. The number of nitrogens with zero attached hydrogens (tertiary/aromatic N) is 1. The van der Waals surface area contributed by atoms with E-state index in [-0.39, 0.29) is 6.04 Å². The Morgan fingerprint density at radius 3 is 2.58 bits per heavy atom. The lowest BCUT2D eigenvalue weighted by Crippen LogP contribution is -2.33. The summed E-state index contributed by atoms with van der Waals surface area (Å²) >= 11 is 5.48. The van der Waals surface area contributed by atoms with Crippen molar-refractivity contribution >= 4 is 23.2 Å². The number of nitrogens with one attached hydrogen (secondary N) is 1. The SMILES string of the molecule is CC(CCCl)NC(=O)c1cc(F)c(F)cc1[N+](=O)[O-]. The van der Waals surface area contributed by atoms with Crippen molar-refractivity contribution in [3.05, 3.63) is 39.4 Å². The minimum Gasteiger partial charge on any atom is -0.349 e. The van der Waals surface area contributed by atoms with Crippen LogP contribution in [0, 0.1) is 21.7 Å². The number of alkyl halides is 1. The summed E-state index contributed by atoms with van der Waals surface area (Å²) in [5.41, 5.74) is -1.31. The molecule has 0 aromatic heterocycles. The van der Waals surface area contributed by atoms with Crippen LogP contribution in [0.25, 0.3) is 0 Å². The zero-order valence-electron chi connectivity index (χ0n) is 9.95. The molecule has 1 amide bonds. The van der Waals surface area contributed by atoms with E-state index in [1.54, 1.807) is 6.92 Å². The third-order valence-corrected chi connectivity index (χ3v) is 2.62. The maximum atomic E-state index is 13.1. The highest BCUT2D eigenvalue weighted by Gasteiger charge is 2.24. The van der Waals surface area contributed by atoms with Crippen LogP contribution in [0.15, 0.2) is 12.1 Å². The molecule has 1 atom stereocenters. The first-order valence-electron chi connectivity index (χ1n) is 5.37. The third kappa shape index (κ3) is 3.85. The summed E-state index contributed by atoms with van der Waals surface area (Å²) in [5.74, 6) is -3.25. The van der Waals surface area contributed by atoms with Crippen LogP contribution in [0.2, 0.25) is 0 Å². The molecule has 0 aliphatic rings. The average molecular weight is 293 g/mol. The number of halogens is 3. The zero-order chi connectivity index (χ0) is 14.6. The van der Waals surface area contributed by atoms with E-state index < -0.39 is 33.7 Å². The van der Waals surface area contributed by atoms with Crippen molar-refractivity contribution in [2.75, 3.05) is 5.88 Å². The van der Waals surface area contributed by atoms with Gasteiger partial charge in [0, 0.05) is 11.9 Å². The number of rotatable bonds is 5. The largest absolute Gasteiger partial charge is 0.349 e. The number of carbonyl (C=O) groups excluding carboxylic acids is 1. The van der Waals surface area contributed by atoms with Gasteiger partial charge < -0.3 is 5.32 Å². The van der Waals surface area contributed by atoms with E-state index in [4.69, 9.17) is 11.6 Å². The van der Waals surface area contributed by atoms with E-state index in [2.05, 4.69) is 5.32 Å². The first-order valence-corrected chi connectivity index (χ1v) is 5.90. The second kappa shape index (κ2) is 6.42. The van der Waals surface area contributed by atoms with Gasteiger partial charge in [-0.3, -0.25) is 14.9 Å². The minimum atomic E-state index is -1.38. The van der Waals surface area contributed by atoms with Crippen molar-refractivity contribution in [1.82, 2.24) is 5.32 Å². The number of amides is 1. The molecule has 0 heterocycles. The van der Waals surface area contributed by atoms with Gasteiger partial charge in [-0.05, 0) is 19.4 Å². The second-order valence-corrected chi connectivity index (χ2v) is 4.27. The Bertz CT molecular complexity index is 511. The molecule has 0 aliphatic carbocycles. The topological polar surface area (TPSA) is 72.2 Å². The summed E-state index contributed by atoms with van der Waals surface area (Å²) in [7, 11) is 0. The molecule has 8 heteroatoms. The molecule has 1 aromatic carbocycles. The number of nitro benzene ring substituents is 1. The number of benzene rings is 1. The van der Waals surface area contributed by atoms with Crippen LogP contribution in [0.1, 0.15) is 23.7 Å². The molecule has 0 spiro atoms. The Balaban J connectivity index is 3.08. The van der Waals surface area contributed by atoms with Gasteiger partial charge in [-0.15, -0.1) is 11.6 Å². The maximum Gasteiger partial charge on any atom is 0.285 e. The maximum absolute atomic E-state index is 13.1. The van der Waals surface area contributed by atoms with E-state index >= 15 is 0 Å². The molecule has 1 rings (SSSR count). The number of nitro groups is 1. The molecular weight excluding hydrogens is 282 g/mol. The molecule has 1 N–H and O–H groups in total. The molecule has 0 aliphatic heterocycles. The van der Waals surface area contributed by atoms with Gasteiger partial charge in [0.1, 0.15) is 5.56 Å². The summed E-state index contributed by atoms with van der Waals surface area (Å²) < 4.78 is 26.0. The molecule has 104 valence electrons. The lowest BCUT2D eigenvalue weighted by atomic mass is 10.1. The van der Waals surface area contributed by atoms with Crippen molar-refractivity contribution < 1.29 is 18.5 Å². The highest BCUT2D eigenvalue weighted by Crippen LogP contribution is 2.22. The van der Waals surface area contributed by atoms with E-state index in [0.717, 1.165) is 0 Å². The van der Waals surface area contributed by atoms with Crippen LogP contribution in [-0.2, 0) is 0 Å². The number of carbonyl (C=O) groups is 1. The minimum absolute atomic E-state index is 0.293. The average Bonchev–Trinajstić information content (AvgIpc) is 2.31. The van der Waals surface area contributed by atoms with Gasteiger partial charge in [0.15, 0.2) is 11.6 Å². The highest BCUT2D eigenvalue weighted by molar-refractivity contribution is 6.17. The van der Waals surface area contributed by atoms with E-state index in [1.165, 1.54) is 0 Å². The van der Waals surface area contributed by atoms with E-state index in [9.17, 15) is 23.7 Å². The predicted molar refractivity (Wildman–Crippen MR) is 65.3 cm³/mol. The smallest absolute Gasteiger partial charge is 0.285 e. The Labute approximate surface area is 112 Å². The van der Waals surface area contributed by atoms with Crippen LogP contribution in [0.4, 0.5) is 14.5 Å². The van der Waals surface area contributed by atoms with Crippen molar-refractivity contribution in [2.45, 2.75) is 19.4 Å². The molecule has 0 radical (unpaired) electrons. The van der Waals surface area contributed by atoms with E-state index in [1.807, 2.05) is 0 Å². The van der Waals surface area contributed by atoms with Crippen LogP contribution < -0.4 is 5.32 Å². The lowest BCUT2D eigenvalue weighted by Gasteiger charge is -2.12. The standard InChI is InChI=1S/C11H11ClF2N2O3/c1-6(2-3-12)15-11(17)7-4-8(13)9(14)5-10(7)16(18)19/h4-6H,2-3H2,1H3,(H,15,17). The van der Waals surface area contributed by atoms with Crippen LogP contribution in [-0.4, -0.2) is 22.8 Å². The summed E-state index contributed by atoms with van der Waals surface area (Å²) in [4.78, 5) is 21.5. The number of hydrogen-bond donors (Lipinski definition) is 1. The van der Waals surface area contributed by atoms with Gasteiger partial charge in [0.25, 0.3) is 11.6 Å². The van der Waals surface area contributed by atoms with Crippen molar-refractivity contribution in [1.29, 1.82) is 0 Å². The summed E-state index contributed by atoms with van der Waals surface area (Å²) in [5, 5.41) is 13.1. The highest BCUT2D eigenvalue weighted by atomic mass is 35.5. The summed E-state index contributed by atoms with van der Waals surface area (Å²) in [6, 6.07) is 0.560. The van der Waals surface area contributed by atoms with E-state index in [0.29, 0.717) is 24.4 Å². The van der Waals surface area contributed by atoms with Gasteiger partial charge in [-0.25, -0.2) is 8.78 Å². The normalized spacial score (nSPS) is 12.0. The summed E-state index contributed by atoms with van der Waals surface area (Å²) in [6.07, 6.45) is 0.449. The second-order valence-electron chi connectivity index (χ2n) is 3.89. The molecule has 1 aromatic rings. The fourth-order valence-corrected chi connectivity index (χ4v) is 1.73. The molecule has 5 nitrogen and oxygen atoms in total. The Kier molecular flexibility index (Phi) is 5.17. The predicted octanol–water partition coefficient (Wildman–Crippen LogP) is 2.62. The van der Waals surface area contributed by atoms with Crippen LogP contribution in [0.5, 0.6) is 0 Å². The molecule has 0 fully saturated rings. The van der Waals surface area contributed by atoms with Gasteiger partial charge in [0.05, 0.1) is 11.0 Å². The summed E-state index contributed by atoms with van der Waals surface area (Å²) in [6.45, 7) is 1.64. The molecule has 19 heavy (non-hydrogen) atoms. The van der Waals surface area contributed by atoms with Gasteiger partial charge >= 0.3 is 0 Å². The fourth-order valence-electron chi connectivity index (χ4n) is 1.41. The first kappa shape index (κ1) is 15.3. The lowest BCUT2D eigenvalue weighted by molar-refractivity contribution is -0.385. The monoisotopic (exact) mass is 292 g/mol. The van der Waals surface area contributed by atoms with Gasteiger partial charge in [-0.2, -0.15) is 0 Å². The molecule has 0 saturated carbocycles. The van der Waals surface area contributed by atoms with Crippen LogP contribution >= 0.6 is 11.6 Å². The molecule has 0 bridgehead atoms. The zero-order valence-corrected chi connectivity index (χ0v) is 10.7. The van der Waals surface area contributed by atoms with Gasteiger partial charge in [0.2, 0.25) is 0 Å². The molecule has 1 unspecified atom stereocenters. The fraction of sp³-hybridized carbons (Fsp3) is 0.364. The van der Waals surface area contributed by atoms with Crippen LogP contribution in [0.3, 0.4) is 0 Å². The first-order chi connectivity index (χ1) is 8.86. The van der Waals surface area contributed by atoms with Crippen molar-refractivity contribution in [3.63, 3.8) is 0 Å². The molecular formula is C11H11ClF2N2O3. The van der Waals surface area contributed by atoms with Crippen molar-refractivity contribution in [3.8, 4) is 0 Å². The quantitative estimate of drug-likeness (QED) is 0.515.